The minimum absolute atomic E-state index is 0.657. The van der Waals surface area contributed by atoms with Crippen molar-refractivity contribution in [2.45, 2.75) is 98.3 Å². The second-order valence-corrected chi connectivity index (χ2v) is 11.3. The van der Waals surface area contributed by atoms with Crippen LogP contribution in [0.3, 0.4) is 0 Å². The van der Waals surface area contributed by atoms with E-state index in [1.807, 2.05) is 0 Å². The topological polar surface area (TPSA) is 12.0 Å². The second kappa shape index (κ2) is 7.41. The smallest absolute Gasteiger partial charge is 0.00464 e. The van der Waals surface area contributed by atoms with E-state index in [4.69, 9.17) is 0 Å². The molecule has 150 valence electrons. The van der Waals surface area contributed by atoms with E-state index in [0.29, 0.717) is 10.8 Å². The molecule has 0 spiro atoms. The molecule has 0 saturated heterocycles. The van der Waals surface area contributed by atoms with Crippen LogP contribution in [0, 0.1) is 46.3 Å². The maximum Gasteiger partial charge on any atom is -0.00464 e. The number of rotatable bonds is 5. The van der Waals surface area contributed by atoms with E-state index in [1.165, 1.54) is 38.6 Å². The molecule has 4 aliphatic carbocycles. The molecular weight excluding hydrogens is 314 g/mol. The van der Waals surface area contributed by atoms with Gasteiger partial charge in [-0.05, 0) is 117 Å². The van der Waals surface area contributed by atoms with Crippen molar-refractivity contribution in [1.29, 1.82) is 0 Å². The third-order valence-electron chi connectivity index (χ3n) is 10.4. The molecule has 0 aromatic carbocycles. The Morgan fingerprint density at radius 1 is 0.885 bits per heavy atom. The molecule has 0 bridgehead atoms. The number of nitrogens with one attached hydrogen (secondary N) is 1. The monoisotopic (exact) mass is 359 g/mol. The fraction of sp³-hybridized carbons (Fsp3) is 1.00. The zero-order valence-corrected chi connectivity index (χ0v) is 18.2. The molecule has 4 fully saturated rings. The normalized spacial score (nSPS) is 49.2. The molecule has 0 aliphatic heterocycles. The molecular formula is C25H45N. The Hall–Kier alpha value is -0.0400. The molecule has 0 aromatic rings. The van der Waals surface area contributed by atoms with Crippen molar-refractivity contribution < 1.29 is 0 Å². The molecule has 1 heteroatoms. The first kappa shape index (κ1) is 19.3. The fourth-order valence-electron chi connectivity index (χ4n) is 8.98. The van der Waals surface area contributed by atoms with E-state index in [0.717, 1.165) is 42.1 Å². The van der Waals surface area contributed by atoms with Crippen molar-refractivity contribution in [3.63, 3.8) is 0 Å². The zero-order chi connectivity index (χ0) is 18.4. The number of hydrogen-bond acceptors (Lipinski definition) is 1. The molecule has 8 unspecified atom stereocenters. The van der Waals surface area contributed by atoms with Crippen LogP contribution < -0.4 is 5.32 Å². The van der Waals surface area contributed by atoms with Gasteiger partial charge in [-0.2, -0.15) is 0 Å². The predicted octanol–water partition coefficient (Wildman–Crippen LogP) is 6.67. The summed E-state index contributed by atoms with van der Waals surface area (Å²) in [4.78, 5) is 0. The minimum Gasteiger partial charge on any atom is -0.317 e. The molecule has 1 nitrogen and oxygen atoms in total. The van der Waals surface area contributed by atoms with Crippen molar-refractivity contribution >= 4 is 0 Å². The highest BCUT2D eigenvalue weighted by Gasteiger charge is 2.59. The molecule has 4 saturated carbocycles. The molecule has 1 N–H and O–H groups in total. The molecule has 0 aromatic heterocycles. The van der Waals surface area contributed by atoms with Gasteiger partial charge < -0.3 is 5.32 Å². The van der Waals surface area contributed by atoms with Gasteiger partial charge in [-0.1, -0.05) is 40.5 Å². The van der Waals surface area contributed by atoms with Crippen molar-refractivity contribution in [1.82, 2.24) is 5.32 Å². The van der Waals surface area contributed by atoms with Gasteiger partial charge in [0.1, 0.15) is 0 Å². The second-order valence-electron chi connectivity index (χ2n) is 11.3. The summed E-state index contributed by atoms with van der Waals surface area (Å²) in [5.41, 5.74) is 1.36. The lowest BCUT2D eigenvalue weighted by molar-refractivity contribution is -0.114. The summed E-state index contributed by atoms with van der Waals surface area (Å²) in [6.07, 6.45) is 16.8. The quantitative estimate of drug-likeness (QED) is 0.540. The summed E-state index contributed by atoms with van der Waals surface area (Å²) in [7, 11) is 0. The predicted molar refractivity (Wildman–Crippen MR) is 112 cm³/mol. The third kappa shape index (κ3) is 2.99. The SMILES string of the molecule is CCNCCC(C)C1CCC2C3CCC4CCCCC4(C)C3CCC12C. The van der Waals surface area contributed by atoms with Crippen molar-refractivity contribution in [2.75, 3.05) is 13.1 Å². The zero-order valence-electron chi connectivity index (χ0n) is 18.2. The van der Waals surface area contributed by atoms with Gasteiger partial charge in [0.05, 0.1) is 0 Å². The van der Waals surface area contributed by atoms with Crippen LogP contribution in [0.15, 0.2) is 0 Å². The largest absolute Gasteiger partial charge is 0.317 e. The van der Waals surface area contributed by atoms with E-state index in [9.17, 15) is 0 Å². The summed E-state index contributed by atoms with van der Waals surface area (Å²) >= 11 is 0. The van der Waals surface area contributed by atoms with E-state index in [-0.39, 0.29) is 0 Å². The van der Waals surface area contributed by atoms with E-state index in [2.05, 4.69) is 33.0 Å². The third-order valence-corrected chi connectivity index (χ3v) is 10.4. The van der Waals surface area contributed by atoms with Crippen LogP contribution in [0.5, 0.6) is 0 Å². The van der Waals surface area contributed by atoms with Gasteiger partial charge in [0.15, 0.2) is 0 Å². The lowest BCUT2D eigenvalue weighted by Crippen LogP contribution is -2.53. The average molecular weight is 360 g/mol. The summed E-state index contributed by atoms with van der Waals surface area (Å²) in [6, 6.07) is 0. The van der Waals surface area contributed by atoms with Gasteiger partial charge in [-0.25, -0.2) is 0 Å². The van der Waals surface area contributed by atoms with E-state index >= 15 is 0 Å². The molecule has 26 heavy (non-hydrogen) atoms. The fourth-order valence-corrected chi connectivity index (χ4v) is 8.98. The van der Waals surface area contributed by atoms with Crippen LogP contribution in [0.1, 0.15) is 98.3 Å². The van der Waals surface area contributed by atoms with Crippen LogP contribution in [0.4, 0.5) is 0 Å². The van der Waals surface area contributed by atoms with Gasteiger partial charge in [0.25, 0.3) is 0 Å². The molecule has 4 aliphatic rings. The van der Waals surface area contributed by atoms with Crippen LogP contribution in [0.2, 0.25) is 0 Å². The Balaban J connectivity index is 1.49. The maximum atomic E-state index is 3.57. The van der Waals surface area contributed by atoms with Gasteiger partial charge >= 0.3 is 0 Å². The first-order valence-corrected chi connectivity index (χ1v) is 12.2. The standard InChI is InChI=1S/C25H45N/c1-5-26-17-14-18(2)21-11-12-22-20-10-9-19-8-6-7-15-24(19,3)23(20)13-16-25(21,22)4/h18-23,26H,5-17H2,1-4H3. The number of hydrogen-bond donors (Lipinski definition) is 1. The summed E-state index contributed by atoms with van der Waals surface area (Å²) in [5.74, 6) is 6.14. The van der Waals surface area contributed by atoms with Crippen LogP contribution >= 0.6 is 0 Å². The first-order chi connectivity index (χ1) is 12.5. The first-order valence-electron chi connectivity index (χ1n) is 12.2. The van der Waals surface area contributed by atoms with Crippen LogP contribution in [0.25, 0.3) is 0 Å². The van der Waals surface area contributed by atoms with Crippen molar-refractivity contribution in [3.05, 3.63) is 0 Å². The lowest BCUT2D eigenvalue weighted by Gasteiger charge is -2.61. The van der Waals surface area contributed by atoms with Crippen LogP contribution in [-0.2, 0) is 0 Å². The molecule has 4 rings (SSSR count). The van der Waals surface area contributed by atoms with Crippen molar-refractivity contribution in [2.24, 2.45) is 46.3 Å². The highest BCUT2D eigenvalue weighted by atomic mass is 14.8. The molecule has 0 radical (unpaired) electrons. The summed E-state index contributed by atoms with van der Waals surface area (Å²) < 4.78 is 0. The van der Waals surface area contributed by atoms with Crippen molar-refractivity contribution in [3.8, 4) is 0 Å². The van der Waals surface area contributed by atoms with Gasteiger partial charge in [0, 0.05) is 0 Å². The summed E-state index contributed by atoms with van der Waals surface area (Å²) in [6.45, 7) is 12.6. The maximum absolute atomic E-state index is 3.57. The van der Waals surface area contributed by atoms with E-state index < -0.39 is 0 Å². The lowest BCUT2D eigenvalue weighted by atomic mass is 9.44. The van der Waals surface area contributed by atoms with Gasteiger partial charge in [0.2, 0.25) is 0 Å². The number of fused-ring (bicyclic) bond motifs is 5. The molecule has 0 amide bonds. The minimum atomic E-state index is 0.657. The average Bonchev–Trinajstić information content (AvgIpc) is 2.98. The summed E-state index contributed by atoms with van der Waals surface area (Å²) in [5, 5.41) is 3.57. The van der Waals surface area contributed by atoms with Crippen LogP contribution in [-0.4, -0.2) is 13.1 Å². The Kier molecular flexibility index (Phi) is 5.50. The Bertz CT molecular complexity index is 487. The Morgan fingerprint density at radius 3 is 2.50 bits per heavy atom. The molecule has 0 heterocycles. The van der Waals surface area contributed by atoms with Gasteiger partial charge in [-0.3, -0.25) is 0 Å². The highest BCUT2D eigenvalue weighted by molar-refractivity contribution is 5.09. The highest BCUT2D eigenvalue weighted by Crippen LogP contribution is 2.68. The Labute approximate surface area is 163 Å². The van der Waals surface area contributed by atoms with E-state index in [1.54, 1.807) is 38.5 Å². The molecule has 8 atom stereocenters. The Morgan fingerprint density at radius 2 is 1.69 bits per heavy atom. The van der Waals surface area contributed by atoms with Gasteiger partial charge in [-0.15, -0.1) is 0 Å².